The Balaban J connectivity index is 1.32. The molecule has 98 heavy (non-hydrogen) atoms. The molecule has 0 radical (unpaired) electrons. The molecular weight excluding hydrogens is 1230 g/mol. The third kappa shape index (κ3) is 22.8. The Bertz CT molecular complexity index is 3150. The van der Waals surface area contributed by atoms with E-state index in [0.29, 0.717) is 123 Å². The molecule has 4 aromatic rings. The van der Waals surface area contributed by atoms with Gasteiger partial charge in [0.1, 0.15) is 0 Å². The second kappa shape index (κ2) is 42.7. The lowest BCUT2D eigenvalue weighted by molar-refractivity contribution is 0.272. The quantitative estimate of drug-likeness (QED) is 0.188. The first-order chi connectivity index (χ1) is 47.6. The summed E-state index contributed by atoms with van der Waals surface area (Å²) >= 11 is 0. The summed E-state index contributed by atoms with van der Waals surface area (Å²) in [5.74, 6) is 0. The van der Waals surface area contributed by atoms with Crippen molar-refractivity contribution in [3.8, 4) is 0 Å². The van der Waals surface area contributed by atoms with Crippen molar-refractivity contribution in [2.45, 2.75) is 326 Å². The number of hydrogen-bond donors (Lipinski definition) is 0. The zero-order valence-electron chi connectivity index (χ0n) is 62.8. The standard InChI is InChI=1S/C78H132N12O8/c1-9-79-45-29-13-21-37-53-83-63(5)67-61-69-65(7)85-55-39-23-15-31-47-80(10-2)48-32-16-24-40-56-86-66(8)70(74(94)90(78(86)98)60-44-28-20-36-52-82(12-4)51-35-19-27-43-59-89(73(69)93)77(85)97)62-68-64(6)84(54-38-22-14-30-46-79)76(96)88(72(68)92)58-42-26-18-34-50-81(11-3)49-33-17-25-41-57-87(71(67)91)75(83)95/h9-62H2,1-8H3. The van der Waals surface area contributed by atoms with Crippen LogP contribution in [0.4, 0.5) is 0 Å². The Hall–Kier alpha value is -5.44. The molecule has 552 valence electrons. The molecule has 0 amide bonds. The Labute approximate surface area is 586 Å². The summed E-state index contributed by atoms with van der Waals surface area (Å²) < 4.78 is 13.1. The molecule has 0 spiro atoms. The molecule has 6 aliphatic rings. The molecule has 0 saturated carbocycles. The molecule has 20 nitrogen and oxygen atoms in total. The SMILES string of the molecule is CCN1CCCCCCn2c(C)c3c(=O)n(c2=O)CCCCCCN(CC)CCCCCCn2c(=O)c(c(C)n(c2=O)CCCCCC1)Cc1c(C)n2c(=O)n(c1=O)CCCCCCN(CC)CCCCCCn1c(=O)c(c(C)n(c1=O)CCCCCCN(CC)CCCCCC2)C3. The van der Waals surface area contributed by atoms with Gasteiger partial charge in [0.25, 0.3) is 22.2 Å². The van der Waals surface area contributed by atoms with Crippen molar-refractivity contribution >= 4 is 0 Å². The summed E-state index contributed by atoms with van der Waals surface area (Å²) in [6.07, 6.45) is 28.8. The molecule has 0 unspecified atom stereocenters. The zero-order chi connectivity index (χ0) is 70.3. The van der Waals surface area contributed by atoms with Crippen molar-refractivity contribution in [3.63, 3.8) is 0 Å². The van der Waals surface area contributed by atoms with E-state index in [0.717, 1.165) is 258 Å². The van der Waals surface area contributed by atoms with Crippen LogP contribution in [0, 0.1) is 27.7 Å². The highest BCUT2D eigenvalue weighted by Gasteiger charge is 2.26. The van der Waals surface area contributed by atoms with Crippen molar-refractivity contribution < 1.29 is 0 Å². The van der Waals surface area contributed by atoms with Crippen LogP contribution in [0.3, 0.4) is 0 Å². The lowest BCUT2D eigenvalue weighted by Crippen LogP contribution is -2.45. The van der Waals surface area contributed by atoms with Gasteiger partial charge in [-0.15, -0.1) is 0 Å². The van der Waals surface area contributed by atoms with E-state index in [9.17, 15) is 19.2 Å². The van der Waals surface area contributed by atoms with Gasteiger partial charge in [-0.05, 0) is 209 Å². The first kappa shape index (κ1) is 79.9. The Morgan fingerprint density at radius 2 is 0.327 bits per heavy atom. The summed E-state index contributed by atoms with van der Waals surface area (Å²) in [6, 6.07) is 0. The molecule has 0 aliphatic carbocycles. The predicted molar refractivity (Wildman–Crippen MR) is 401 cm³/mol. The summed E-state index contributed by atoms with van der Waals surface area (Å²) in [5, 5.41) is 0. The summed E-state index contributed by atoms with van der Waals surface area (Å²) in [5.41, 5.74) is 1.89. The Morgan fingerprint density at radius 3 is 0.469 bits per heavy atom. The van der Waals surface area contributed by atoms with Gasteiger partial charge in [0.15, 0.2) is 0 Å². The van der Waals surface area contributed by atoms with E-state index in [1.807, 2.05) is 46.0 Å². The molecular formula is C78H132N12O8. The molecule has 0 N–H and O–H groups in total. The van der Waals surface area contributed by atoms with E-state index < -0.39 is 0 Å². The highest BCUT2D eigenvalue weighted by molar-refractivity contribution is 5.30. The maximum absolute atomic E-state index is 15.1. The third-order valence-electron chi connectivity index (χ3n) is 22.6. The van der Waals surface area contributed by atoms with Gasteiger partial charge in [-0.1, -0.05) is 130 Å². The molecule has 0 aromatic carbocycles. The van der Waals surface area contributed by atoms with Crippen molar-refractivity contribution in [1.29, 1.82) is 0 Å². The van der Waals surface area contributed by atoms with Gasteiger partial charge >= 0.3 is 22.8 Å². The van der Waals surface area contributed by atoms with Crippen molar-refractivity contribution in [2.75, 3.05) is 78.5 Å². The van der Waals surface area contributed by atoms with Crippen LogP contribution in [-0.4, -0.2) is 135 Å². The average molecular weight is 1370 g/mol. The van der Waals surface area contributed by atoms with Gasteiger partial charge in [0, 0.05) is 110 Å². The minimum Gasteiger partial charge on any atom is -0.304 e. The lowest BCUT2D eigenvalue weighted by atomic mass is 10.0. The largest absolute Gasteiger partial charge is 0.331 e. The van der Waals surface area contributed by atoms with E-state index >= 15 is 19.2 Å². The normalized spacial score (nSPS) is 19.8. The lowest BCUT2D eigenvalue weighted by Gasteiger charge is -2.22. The molecule has 10 heterocycles. The highest BCUT2D eigenvalue weighted by Crippen LogP contribution is 2.19. The van der Waals surface area contributed by atoms with E-state index in [2.05, 4.69) is 47.3 Å². The smallest absolute Gasteiger partial charge is 0.304 e. The van der Waals surface area contributed by atoms with Gasteiger partial charge in [-0.3, -0.25) is 55.7 Å². The monoisotopic (exact) mass is 1370 g/mol. The maximum Gasteiger partial charge on any atom is 0.331 e. The Morgan fingerprint density at radius 1 is 0.194 bits per heavy atom. The average Bonchev–Trinajstić information content (AvgIpc) is 0.779. The van der Waals surface area contributed by atoms with Crippen LogP contribution < -0.4 is 45.0 Å². The van der Waals surface area contributed by atoms with Gasteiger partial charge < -0.3 is 19.6 Å². The van der Waals surface area contributed by atoms with Crippen molar-refractivity contribution in [2.24, 2.45) is 0 Å². The molecule has 0 atom stereocenters. The minimum absolute atomic E-state index is 0.0531. The first-order valence-corrected chi connectivity index (χ1v) is 39.8. The summed E-state index contributed by atoms with van der Waals surface area (Å²) in [6.45, 7) is 30.8. The van der Waals surface area contributed by atoms with Crippen LogP contribution in [0.2, 0.25) is 0 Å². The van der Waals surface area contributed by atoms with E-state index in [1.54, 1.807) is 0 Å². The second-order valence-corrected chi connectivity index (χ2v) is 29.2. The molecule has 20 heteroatoms. The fourth-order valence-corrected chi connectivity index (χ4v) is 15.8. The minimum atomic E-state index is -0.329. The van der Waals surface area contributed by atoms with Crippen molar-refractivity contribution in [1.82, 2.24) is 56.1 Å². The predicted octanol–water partition coefficient (Wildman–Crippen LogP) is 10.9. The first-order valence-electron chi connectivity index (χ1n) is 39.8. The number of rotatable bonds is 4. The van der Waals surface area contributed by atoms with Crippen LogP contribution in [0.25, 0.3) is 0 Å². The fraction of sp³-hybridized carbons (Fsp3) is 0.795. The highest BCUT2D eigenvalue weighted by atomic mass is 16.2. The molecule has 6 aliphatic heterocycles. The fourth-order valence-electron chi connectivity index (χ4n) is 15.8. The van der Waals surface area contributed by atoms with Crippen LogP contribution in [0.15, 0.2) is 38.4 Å². The van der Waals surface area contributed by atoms with E-state index in [1.165, 1.54) is 18.3 Å². The molecule has 4 aromatic heterocycles. The molecule has 10 rings (SSSR count). The van der Waals surface area contributed by atoms with Gasteiger partial charge in [-0.25, -0.2) is 19.2 Å². The number of aromatic nitrogens is 8. The third-order valence-corrected chi connectivity index (χ3v) is 22.6. The molecule has 0 fully saturated rings. The number of nitrogens with zero attached hydrogens (tertiary/aromatic N) is 12. The zero-order valence-corrected chi connectivity index (χ0v) is 62.8. The van der Waals surface area contributed by atoms with Crippen LogP contribution >= 0.6 is 0 Å². The maximum atomic E-state index is 15.1. The number of hydrogen-bond acceptors (Lipinski definition) is 12. The van der Waals surface area contributed by atoms with E-state index in [-0.39, 0.29) is 57.8 Å². The Kier molecular flexibility index (Phi) is 34.8. The van der Waals surface area contributed by atoms with E-state index in [4.69, 9.17) is 0 Å². The summed E-state index contributed by atoms with van der Waals surface area (Å²) in [4.78, 5) is 129. The van der Waals surface area contributed by atoms with Gasteiger partial charge in [-0.2, -0.15) is 0 Å². The van der Waals surface area contributed by atoms with Gasteiger partial charge in [0.05, 0.1) is 0 Å². The second-order valence-electron chi connectivity index (χ2n) is 29.2. The molecule has 0 saturated heterocycles. The topological polar surface area (TPSA) is 189 Å². The van der Waals surface area contributed by atoms with Crippen molar-refractivity contribution in [3.05, 3.63) is 128 Å². The van der Waals surface area contributed by atoms with Crippen LogP contribution in [0.5, 0.6) is 0 Å². The van der Waals surface area contributed by atoms with Gasteiger partial charge in [0.2, 0.25) is 0 Å². The molecule has 12 bridgehead atoms. The summed E-state index contributed by atoms with van der Waals surface area (Å²) in [7, 11) is 0. The van der Waals surface area contributed by atoms with Crippen LogP contribution in [0.1, 0.15) is 278 Å². The van der Waals surface area contributed by atoms with Crippen LogP contribution in [-0.2, 0) is 65.2 Å².